The number of hydroxylamine groups is 2. The summed E-state index contributed by atoms with van der Waals surface area (Å²) in [5.41, 5.74) is 3.70. The minimum atomic E-state index is -0.843. The number of aliphatic hydroxyl groups excluding tert-OH is 2. The summed E-state index contributed by atoms with van der Waals surface area (Å²) < 4.78 is 0. The molecule has 1 aliphatic heterocycles. The van der Waals surface area contributed by atoms with E-state index in [0.717, 1.165) is 23.1 Å². The topological polar surface area (TPSA) is 111 Å². The molecule has 43 heavy (non-hydrogen) atoms. The van der Waals surface area contributed by atoms with E-state index in [4.69, 9.17) is 4.84 Å². The van der Waals surface area contributed by atoms with Gasteiger partial charge in [0, 0.05) is 24.1 Å². The van der Waals surface area contributed by atoms with Gasteiger partial charge in [0.1, 0.15) is 12.1 Å². The van der Waals surface area contributed by atoms with Gasteiger partial charge >= 0.3 is 0 Å². The Morgan fingerprint density at radius 3 is 2.40 bits per heavy atom. The Morgan fingerprint density at radius 1 is 1.07 bits per heavy atom. The van der Waals surface area contributed by atoms with Gasteiger partial charge < -0.3 is 20.8 Å². The van der Waals surface area contributed by atoms with E-state index in [1.54, 1.807) is 12.0 Å². The van der Waals surface area contributed by atoms with E-state index in [0.29, 0.717) is 47.7 Å². The molecule has 4 aliphatic rings. The number of nitrogens with zero attached hydrogens (tertiary/aromatic N) is 1. The van der Waals surface area contributed by atoms with Crippen LogP contribution < -0.4 is 10.6 Å². The van der Waals surface area contributed by atoms with Crippen molar-refractivity contribution < 1.29 is 24.6 Å². The molecule has 2 amide bonds. The van der Waals surface area contributed by atoms with E-state index < -0.39 is 24.2 Å². The Bertz CT molecular complexity index is 1310. The highest BCUT2D eigenvalue weighted by Crippen LogP contribution is 2.61. The summed E-state index contributed by atoms with van der Waals surface area (Å²) in [5, 5.41) is 28.8. The largest absolute Gasteiger partial charge is 0.394 e. The van der Waals surface area contributed by atoms with Crippen LogP contribution in [0.3, 0.4) is 0 Å². The van der Waals surface area contributed by atoms with Crippen molar-refractivity contribution in [3.63, 3.8) is 0 Å². The molecule has 8 heteroatoms. The van der Waals surface area contributed by atoms with Gasteiger partial charge in [-0.2, -0.15) is 5.06 Å². The molecule has 3 aliphatic carbocycles. The number of amides is 2. The second-order valence-corrected chi connectivity index (χ2v) is 14.1. The highest BCUT2D eigenvalue weighted by atomic mass is 16.7. The molecule has 1 heterocycles. The van der Waals surface area contributed by atoms with E-state index in [1.165, 1.54) is 6.42 Å². The summed E-state index contributed by atoms with van der Waals surface area (Å²) >= 11 is 0. The summed E-state index contributed by atoms with van der Waals surface area (Å²) in [4.78, 5) is 32.8. The maximum atomic E-state index is 13.9. The van der Waals surface area contributed by atoms with Crippen LogP contribution in [-0.4, -0.2) is 64.5 Å². The van der Waals surface area contributed by atoms with E-state index >= 15 is 0 Å². The van der Waals surface area contributed by atoms with Crippen LogP contribution in [0.15, 0.2) is 48.5 Å². The number of aliphatic hydroxyl groups is 2. The molecule has 2 bridgehead atoms. The fourth-order valence-corrected chi connectivity index (χ4v) is 7.75. The molecule has 8 nitrogen and oxygen atoms in total. The lowest BCUT2D eigenvalue weighted by atomic mass is 9.45. The van der Waals surface area contributed by atoms with E-state index in [2.05, 4.69) is 45.3 Å². The normalized spacial score (nSPS) is 30.5. The minimum Gasteiger partial charge on any atom is -0.394 e. The second kappa shape index (κ2) is 12.7. The molecule has 4 N–H and O–H groups in total. The quantitative estimate of drug-likeness (QED) is 0.326. The third kappa shape index (κ3) is 6.39. The van der Waals surface area contributed by atoms with Crippen molar-refractivity contribution in [2.24, 2.45) is 35.0 Å². The molecular weight excluding hydrogens is 542 g/mol. The summed E-state index contributed by atoms with van der Waals surface area (Å²) in [6, 6.07) is 14.9. The van der Waals surface area contributed by atoms with Crippen molar-refractivity contribution in [1.82, 2.24) is 15.7 Å². The maximum Gasteiger partial charge on any atom is 0.251 e. The summed E-state index contributed by atoms with van der Waals surface area (Å²) in [7, 11) is 0. The lowest BCUT2D eigenvalue weighted by Gasteiger charge is -2.62. The SMILES string of the molecule is CC(C)CNC(=O)c1cccc(-c2cccc(CN3O[C@@H](CO)[C@@H]([C@H](C)O)[C@H]3C(=O)N[C@H]3C[C@H]4C[C@@H]([C@@H]3C)C4(C)C)c2)c1. The van der Waals surface area contributed by atoms with E-state index in [1.807, 2.05) is 48.5 Å². The van der Waals surface area contributed by atoms with Crippen LogP contribution in [-0.2, 0) is 16.2 Å². The van der Waals surface area contributed by atoms with Crippen molar-refractivity contribution in [1.29, 1.82) is 0 Å². The summed E-state index contributed by atoms with van der Waals surface area (Å²) in [5.74, 6) is 1.11. The smallest absolute Gasteiger partial charge is 0.251 e. The van der Waals surface area contributed by atoms with E-state index in [-0.39, 0.29) is 24.5 Å². The predicted octanol–water partition coefficient (Wildman–Crippen LogP) is 4.40. The lowest BCUT2D eigenvalue weighted by Crippen LogP contribution is -2.62. The first-order chi connectivity index (χ1) is 20.4. The third-order valence-electron chi connectivity index (χ3n) is 10.5. The number of carbonyl (C=O) groups excluding carboxylic acids is 2. The van der Waals surface area contributed by atoms with E-state index in [9.17, 15) is 19.8 Å². The molecule has 6 rings (SSSR count). The molecule has 2 aromatic carbocycles. The first kappa shape index (κ1) is 31.6. The van der Waals surface area contributed by atoms with Gasteiger partial charge in [0.05, 0.1) is 19.3 Å². The summed E-state index contributed by atoms with van der Waals surface area (Å²) in [6.07, 6.45) is 0.661. The predicted molar refractivity (Wildman–Crippen MR) is 167 cm³/mol. The Hall–Kier alpha value is -2.78. The number of carbonyl (C=O) groups is 2. The molecule has 0 spiro atoms. The Labute approximate surface area is 256 Å². The molecule has 3 saturated carbocycles. The zero-order valence-electron chi connectivity index (χ0n) is 26.4. The average molecular weight is 592 g/mol. The molecule has 0 aromatic heterocycles. The number of nitrogens with one attached hydrogen (secondary N) is 2. The van der Waals surface area contributed by atoms with Gasteiger partial charge in [0.25, 0.3) is 5.91 Å². The third-order valence-corrected chi connectivity index (χ3v) is 10.5. The molecule has 0 unspecified atom stereocenters. The Balaban J connectivity index is 1.34. The number of hydrogen-bond acceptors (Lipinski definition) is 6. The average Bonchev–Trinajstić information content (AvgIpc) is 3.35. The van der Waals surface area contributed by atoms with Crippen molar-refractivity contribution in [2.45, 2.75) is 85.2 Å². The molecule has 8 atom stereocenters. The highest BCUT2D eigenvalue weighted by molar-refractivity contribution is 5.95. The molecule has 4 fully saturated rings. The fourth-order valence-electron chi connectivity index (χ4n) is 7.75. The number of hydrogen-bond donors (Lipinski definition) is 4. The second-order valence-electron chi connectivity index (χ2n) is 14.1. The van der Waals surface area contributed by atoms with Gasteiger partial charge in [-0.05, 0) is 83.7 Å². The van der Waals surface area contributed by atoms with Gasteiger partial charge in [0.15, 0.2) is 0 Å². The van der Waals surface area contributed by atoms with Gasteiger partial charge in [-0.1, -0.05) is 65.0 Å². The number of fused-ring (bicyclic) bond motifs is 2. The first-order valence-corrected chi connectivity index (χ1v) is 15.9. The van der Waals surface area contributed by atoms with Crippen LogP contribution in [0.1, 0.15) is 70.3 Å². The van der Waals surface area contributed by atoms with Crippen LogP contribution >= 0.6 is 0 Å². The van der Waals surface area contributed by atoms with Crippen LogP contribution in [0.2, 0.25) is 0 Å². The molecular formula is C35H49N3O5. The van der Waals surface area contributed by atoms with Crippen molar-refractivity contribution in [3.8, 4) is 11.1 Å². The molecule has 2 aromatic rings. The van der Waals surface area contributed by atoms with Crippen molar-refractivity contribution >= 4 is 11.8 Å². The zero-order valence-corrected chi connectivity index (χ0v) is 26.4. The monoisotopic (exact) mass is 591 g/mol. The minimum absolute atomic E-state index is 0.0855. The standard InChI is InChI=1S/C35H49N3O5/c1-20(2)17-36-33(41)26-12-8-11-25(14-26)24-10-7-9-23(13-24)18-38-32(31(22(4)40)30(19-39)43-38)34(42)37-29-16-27-15-28(21(29)3)35(27,5)6/h7-14,20-22,27-32,39-40H,15-19H2,1-6H3,(H,36,41)(H,37,42)/t21-,22-,27+,28-,29-,30-,31+,32-/m0/s1. The maximum absolute atomic E-state index is 13.9. The highest BCUT2D eigenvalue weighted by Gasteiger charge is 2.57. The fraction of sp³-hybridized carbons (Fsp3) is 0.600. The van der Waals surface area contributed by atoms with Crippen LogP contribution in [0.4, 0.5) is 0 Å². The molecule has 234 valence electrons. The Morgan fingerprint density at radius 2 is 1.77 bits per heavy atom. The number of benzene rings is 2. The van der Waals surface area contributed by atoms with Crippen molar-refractivity contribution in [3.05, 3.63) is 59.7 Å². The van der Waals surface area contributed by atoms with Gasteiger partial charge in [-0.15, -0.1) is 0 Å². The van der Waals surface area contributed by atoms with Gasteiger partial charge in [-0.3, -0.25) is 14.4 Å². The number of rotatable bonds is 10. The van der Waals surface area contributed by atoms with Crippen LogP contribution in [0, 0.1) is 35.0 Å². The van der Waals surface area contributed by atoms with Crippen LogP contribution in [0.25, 0.3) is 11.1 Å². The Kier molecular flexibility index (Phi) is 9.33. The lowest BCUT2D eigenvalue weighted by molar-refractivity contribution is -0.183. The first-order valence-electron chi connectivity index (χ1n) is 15.9. The summed E-state index contributed by atoms with van der Waals surface area (Å²) in [6.45, 7) is 13.3. The van der Waals surface area contributed by atoms with Crippen molar-refractivity contribution in [2.75, 3.05) is 13.2 Å². The molecule has 1 saturated heterocycles. The zero-order chi connectivity index (χ0) is 31.1. The van der Waals surface area contributed by atoms with Gasteiger partial charge in [-0.25, -0.2) is 0 Å². The van der Waals surface area contributed by atoms with Crippen LogP contribution in [0.5, 0.6) is 0 Å². The molecule has 0 radical (unpaired) electrons. The van der Waals surface area contributed by atoms with Gasteiger partial charge in [0.2, 0.25) is 5.91 Å².